The van der Waals surface area contributed by atoms with Crippen LogP contribution in [0.2, 0.25) is 0 Å². The molecule has 0 aromatic heterocycles. The van der Waals surface area contributed by atoms with E-state index in [0.29, 0.717) is 19.4 Å². The molecule has 6 heteroatoms. The summed E-state index contributed by atoms with van der Waals surface area (Å²) < 4.78 is 0. The topological polar surface area (TPSA) is 86.7 Å². The summed E-state index contributed by atoms with van der Waals surface area (Å²) in [7, 11) is 0. The molecular weight excluding hydrogens is 260 g/mol. The Labute approximate surface area is 120 Å². The number of nitrogens with one attached hydrogen (secondary N) is 1. The molecule has 0 rings (SSSR count). The predicted octanol–water partition coefficient (Wildman–Crippen LogP) is 1.25. The van der Waals surface area contributed by atoms with Gasteiger partial charge in [0.2, 0.25) is 11.8 Å². The standard InChI is InChI=1S/C14H26N2O4/c1-6-7-16(9-12(18)19)13(20)10(2)15-11(17)8-14(3,4)5/h10H,6-9H2,1-5H3,(H,15,17)(H,18,19). The lowest BCUT2D eigenvalue weighted by Crippen LogP contribution is -2.49. The fourth-order valence-electron chi connectivity index (χ4n) is 1.81. The van der Waals surface area contributed by atoms with Gasteiger partial charge in [-0.2, -0.15) is 0 Å². The van der Waals surface area contributed by atoms with E-state index in [4.69, 9.17) is 5.11 Å². The highest BCUT2D eigenvalue weighted by Crippen LogP contribution is 2.17. The van der Waals surface area contributed by atoms with Gasteiger partial charge in [-0.1, -0.05) is 27.7 Å². The van der Waals surface area contributed by atoms with Gasteiger partial charge in [-0.3, -0.25) is 14.4 Å². The number of carboxylic acids is 1. The van der Waals surface area contributed by atoms with Gasteiger partial charge in [0.25, 0.3) is 0 Å². The molecule has 0 spiro atoms. The number of carbonyl (C=O) groups is 3. The second kappa shape index (κ2) is 7.87. The number of amides is 2. The van der Waals surface area contributed by atoms with Crippen LogP contribution in [0.15, 0.2) is 0 Å². The van der Waals surface area contributed by atoms with Crippen molar-refractivity contribution in [2.45, 2.75) is 53.5 Å². The van der Waals surface area contributed by atoms with Gasteiger partial charge in [0.15, 0.2) is 0 Å². The van der Waals surface area contributed by atoms with Crippen LogP contribution >= 0.6 is 0 Å². The van der Waals surface area contributed by atoms with E-state index in [1.54, 1.807) is 6.92 Å². The lowest BCUT2D eigenvalue weighted by molar-refractivity contribution is -0.145. The van der Waals surface area contributed by atoms with E-state index < -0.39 is 12.0 Å². The van der Waals surface area contributed by atoms with Gasteiger partial charge in [0.05, 0.1) is 0 Å². The molecule has 0 aliphatic rings. The smallest absolute Gasteiger partial charge is 0.323 e. The third-order valence-corrected chi connectivity index (χ3v) is 2.57. The first kappa shape index (κ1) is 18.4. The average Bonchev–Trinajstić information content (AvgIpc) is 2.23. The molecule has 0 saturated heterocycles. The Kier molecular flexibility index (Phi) is 7.24. The minimum Gasteiger partial charge on any atom is -0.480 e. The van der Waals surface area contributed by atoms with Crippen molar-refractivity contribution in [1.29, 1.82) is 0 Å². The maximum absolute atomic E-state index is 12.1. The van der Waals surface area contributed by atoms with Crippen molar-refractivity contribution in [3.05, 3.63) is 0 Å². The minimum absolute atomic E-state index is 0.156. The third kappa shape index (κ3) is 7.76. The van der Waals surface area contributed by atoms with Gasteiger partial charge >= 0.3 is 5.97 Å². The van der Waals surface area contributed by atoms with Gasteiger partial charge in [-0.15, -0.1) is 0 Å². The zero-order chi connectivity index (χ0) is 15.9. The van der Waals surface area contributed by atoms with Crippen molar-refractivity contribution in [3.63, 3.8) is 0 Å². The van der Waals surface area contributed by atoms with Gasteiger partial charge in [-0.25, -0.2) is 0 Å². The molecule has 0 heterocycles. The van der Waals surface area contributed by atoms with Crippen LogP contribution < -0.4 is 5.32 Å². The fraction of sp³-hybridized carbons (Fsp3) is 0.786. The summed E-state index contributed by atoms with van der Waals surface area (Å²) in [6, 6.07) is -0.712. The summed E-state index contributed by atoms with van der Waals surface area (Å²) >= 11 is 0. The van der Waals surface area contributed by atoms with Crippen LogP contribution in [0, 0.1) is 5.41 Å². The number of hydrogen-bond donors (Lipinski definition) is 2. The summed E-state index contributed by atoms with van der Waals surface area (Å²) in [6.45, 7) is 9.28. The molecule has 0 radical (unpaired) electrons. The summed E-state index contributed by atoms with van der Waals surface area (Å²) in [5.74, 6) is -1.62. The van der Waals surface area contributed by atoms with Crippen LogP contribution in [0.25, 0.3) is 0 Å². The molecule has 1 atom stereocenters. The molecule has 1 unspecified atom stereocenters. The van der Waals surface area contributed by atoms with Crippen molar-refractivity contribution in [1.82, 2.24) is 10.2 Å². The molecule has 0 bridgehead atoms. The van der Waals surface area contributed by atoms with Crippen LogP contribution in [0.4, 0.5) is 0 Å². The van der Waals surface area contributed by atoms with Gasteiger partial charge in [0, 0.05) is 13.0 Å². The quantitative estimate of drug-likeness (QED) is 0.737. The molecule has 0 saturated carbocycles. The second-order valence-corrected chi connectivity index (χ2v) is 6.18. The Morgan fingerprint density at radius 1 is 1.25 bits per heavy atom. The third-order valence-electron chi connectivity index (χ3n) is 2.57. The number of rotatable bonds is 7. The van der Waals surface area contributed by atoms with E-state index in [9.17, 15) is 14.4 Å². The van der Waals surface area contributed by atoms with Crippen molar-refractivity contribution >= 4 is 17.8 Å². The first-order valence-electron chi connectivity index (χ1n) is 6.86. The maximum Gasteiger partial charge on any atom is 0.323 e. The van der Waals surface area contributed by atoms with E-state index in [-0.39, 0.29) is 23.8 Å². The highest BCUT2D eigenvalue weighted by molar-refractivity contribution is 5.89. The van der Waals surface area contributed by atoms with Crippen molar-refractivity contribution in [3.8, 4) is 0 Å². The Bertz CT molecular complexity index is 361. The number of nitrogens with zero attached hydrogens (tertiary/aromatic N) is 1. The highest BCUT2D eigenvalue weighted by atomic mass is 16.4. The van der Waals surface area contributed by atoms with E-state index in [2.05, 4.69) is 5.32 Å². The highest BCUT2D eigenvalue weighted by Gasteiger charge is 2.24. The molecule has 0 aliphatic heterocycles. The molecule has 116 valence electrons. The summed E-state index contributed by atoms with van der Waals surface area (Å²) in [5.41, 5.74) is -0.156. The molecule has 0 aliphatic carbocycles. The van der Waals surface area contributed by atoms with E-state index in [0.717, 1.165) is 0 Å². The normalized spacial score (nSPS) is 12.7. The summed E-state index contributed by atoms with van der Waals surface area (Å²) in [4.78, 5) is 35.9. The molecule has 20 heavy (non-hydrogen) atoms. The number of hydrogen-bond acceptors (Lipinski definition) is 3. The molecule has 2 amide bonds. The van der Waals surface area contributed by atoms with E-state index >= 15 is 0 Å². The predicted molar refractivity (Wildman–Crippen MR) is 76.2 cm³/mol. The molecule has 0 fully saturated rings. The van der Waals surface area contributed by atoms with Gasteiger partial charge in [0.1, 0.15) is 12.6 Å². The van der Waals surface area contributed by atoms with Crippen LogP contribution in [0.1, 0.15) is 47.5 Å². The van der Waals surface area contributed by atoms with Crippen LogP contribution in [-0.2, 0) is 14.4 Å². The number of aliphatic carboxylic acids is 1. The molecular formula is C14H26N2O4. The SMILES string of the molecule is CCCN(CC(=O)O)C(=O)C(C)NC(=O)CC(C)(C)C. The molecule has 2 N–H and O–H groups in total. The fourth-order valence-corrected chi connectivity index (χ4v) is 1.81. The molecule has 0 aromatic rings. The van der Waals surface area contributed by atoms with Crippen molar-refractivity contribution < 1.29 is 19.5 Å². The van der Waals surface area contributed by atoms with Crippen molar-refractivity contribution in [2.75, 3.05) is 13.1 Å². The van der Waals surface area contributed by atoms with Crippen LogP contribution in [-0.4, -0.2) is 46.9 Å². The maximum atomic E-state index is 12.1. The minimum atomic E-state index is -1.06. The average molecular weight is 286 g/mol. The Hall–Kier alpha value is -1.59. The van der Waals surface area contributed by atoms with E-state index in [1.165, 1.54) is 4.90 Å². The first-order chi connectivity index (χ1) is 9.06. The second-order valence-electron chi connectivity index (χ2n) is 6.18. The summed E-state index contributed by atoms with van der Waals surface area (Å²) in [6.07, 6.45) is 0.985. The Balaban J connectivity index is 4.56. The largest absolute Gasteiger partial charge is 0.480 e. The summed E-state index contributed by atoms with van der Waals surface area (Å²) in [5, 5.41) is 11.4. The van der Waals surface area contributed by atoms with Crippen molar-refractivity contribution in [2.24, 2.45) is 5.41 Å². The number of carbonyl (C=O) groups excluding carboxylic acids is 2. The Morgan fingerprint density at radius 2 is 1.80 bits per heavy atom. The van der Waals surface area contributed by atoms with E-state index in [1.807, 2.05) is 27.7 Å². The number of carboxylic acid groups (broad SMARTS) is 1. The monoisotopic (exact) mass is 286 g/mol. The van der Waals surface area contributed by atoms with Gasteiger partial charge in [-0.05, 0) is 18.8 Å². The zero-order valence-electron chi connectivity index (χ0n) is 13.0. The zero-order valence-corrected chi connectivity index (χ0v) is 13.0. The molecule has 6 nitrogen and oxygen atoms in total. The van der Waals surface area contributed by atoms with Gasteiger partial charge < -0.3 is 15.3 Å². The van der Waals surface area contributed by atoms with Crippen LogP contribution in [0.5, 0.6) is 0 Å². The lowest BCUT2D eigenvalue weighted by Gasteiger charge is -2.25. The lowest BCUT2D eigenvalue weighted by atomic mass is 9.92. The van der Waals surface area contributed by atoms with Crippen LogP contribution in [0.3, 0.4) is 0 Å². The Morgan fingerprint density at radius 3 is 2.20 bits per heavy atom. The first-order valence-corrected chi connectivity index (χ1v) is 6.86. The molecule has 0 aromatic carbocycles.